The van der Waals surface area contributed by atoms with Gasteiger partial charge in [0.05, 0.1) is 19.8 Å². The summed E-state index contributed by atoms with van der Waals surface area (Å²) in [7, 11) is -4.75. The molecule has 12 heteroatoms. The van der Waals surface area contributed by atoms with Crippen LogP contribution in [0, 0.1) is 0 Å². The fraction of sp³-hybridized carbons (Fsp3) is 0.817. The molecule has 0 aromatic rings. The largest absolute Gasteiger partial charge is 0.472 e. The lowest BCUT2D eigenvalue weighted by Gasteiger charge is -2.21. The molecule has 0 aliphatic heterocycles. The standard InChI is InChI=1S/C60H109O11P/c1-4-7-10-13-16-19-22-25-27-28-30-33-36-39-42-45-48-51-60(64)71-57(53-67-58(62)49-46-43-40-37-34-32-29-26-23-20-17-14-11-8-5-2)55-69-72(65,66)68-54-56(52-61)70-59(63)50-47-44-41-38-35-31-24-21-18-15-12-9-6-3/h8,11,17,20,25-27,29,56-57,61H,4-7,9-10,12-16,18-19,21-24,28,30-55H2,1-3H3,(H,65,66)/b11-8-,20-17-,27-25-,29-26-. The van der Waals surface area contributed by atoms with Crippen LogP contribution in [-0.2, 0) is 42.2 Å². The summed E-state index contributed by atoms with van der Waals surface area (Å²) in [6.07, 6.45) is 57.8. The molecule has 3 atom stereocenters. The SMILES string of the molecule is CC/C=C\C/C=C\C/C=C\CCCCCCCC(=O)OCC(COP(=O)(O)OCC(CO)OC(=O)CCCCCCCCCCCCCCC)OC(=O)CCCCCCCCC/C=C\CCCCCCCC. The van der Waals surface area contributed by atoms with Crippen LogP contribution in [-0.4, -0.2) is 66.5 Å². The molecule has 0 saturated carbocycles. The van der Waals surface area contributed by atoms with Crippen molar-refractivity contribution in [3.63, 3.8) is 0 Å². The summed E-state index contributed by atoms with van der Waals surface area (Å²) in [6.45, 7) is 4.54. The normalized spacial score (nSPS) is 13.7. The Labute approximate surface area is 441 Å². The zero-order valence-corrected chi connectivity index (χ0v) is 47.3. The minimum absolute atomic E-state index is 0.160. The van der Waals surface area contributed by atoms with Gasteiger partial charge in [0.15, 0.2) is 6.10 Å². The van der Waals surface area contributed by atoms with Crippen LogP contribution in [0.1, 0.15) is 278 Å². The number of hydrogen-bond acceptors (Lipinski definition) is 10. The molecule has 0 fully saturated rings. The number of esters is 3. The minimum Gasteiger partial charge on any atom is -0.462 e. The van der Waals surface area contributed by atoms with Gasteiger partial charge >= 0.3 is 25.7 Å². The number of phosphoric acid groups is 1. The zero-order valence-electron chi connectivity index (χ0n) is 46.4. The molecule has 0 aliphatic rings. The molecule has 0 saturated heterocycles. The van der Waals surface area contributed by atoms with Gasteiger partial charge in [-0.25, -0.2) is 4.57 Å². The first-order valence-corrected chi connectivity index (χ1v) is 31.0. The topological polar surface area (TPSA) is 155 Å². The third-order valence-corrected chi connectivity index (χ3v) is 13.7. The van der Waals surface area contributed by atoms with Crippen molar-refractivity contribution in [1.82, 2.24) is 0 Å². The molecule has 0 aromatic heterocycles. The van der Waals surface area contributed by atoms with Gasteiger partial charge < -0.3 is 24.2 Å². The lowest BCUT2D eigenvalue weighted by atomic mass is 10.0. The summed E-state index contributed by atoms with van der Waals surface area (Å²) in [5.41, 5.74) is 0. The van der Waals surface area contributed by atoms with Gasteiger partial charge in [0.2, 0.25) is 0 Å². The van der Waals surface area contributed by atoms with E-state index in [1.807, 2.05) is 0 Å². The van der Waals surface area contributed by atoms with Crippen LogP contribution in [0.2, 0.25) is 0 Å². The molecule has 0 rings (SSSR count). The van der Waals surface area contributed by atoms with E-state index in [0.717, 1.165) is 96.3 Å². The zero-order chi connectivity index (χ0) is 52.7. The van der Waals surface area contributed by atoms with Crippen molar-refractivity contribution in [2.24, 2.45) is 0 Å². The van der Waals surface area contributed by atoms with Gasteiger partial charge in [-0.2, -0.15) is 0 Å². The second-order valence-electron chi connectivity index (χ2n) is 19.8. The summed E-state index contributed by atoms with van der Waals surface area (Å²) in [5, 5.41) is 9.81. The van der Waals surface area contributed by atoms with Crippen molar-refractivity contribution in [3.8, 4) is 0 Å². The number of hydrogen-bond donors (Lipinski definition) is 2. The second kappa shape index (κ2) is 54.7. The molecule has 0 radical (unpaired) electrons. The summed E-state index contributed by atoms with van der Waals surface area (Å²) in [5.74, 6) is -1.47. The number of ether oxygens (including phenoxy) is 3. The van der Waals surface area contributed by atoms with Gasteiger partial charge in [-0.15, -0.1) is 0 Å². The molecule has 0 bridgehead atoms. The van der Waals surface area contributed by atoms with Crippen LogP contribution in [0.4, 0.5) is 0 Å². The Balaban J connectivity index is 4.73. The number of allylic oxidation sites excluding steroid dienone is 8. The fourth-order valence-corrected chi connectivity index (χ4v) is 9.03. The van der Waals surface area contributed by atoms with Crippen molar-refractivity contribution in [2.45, 2.75) is 290 Å². The van der Waals surface area contributed by atoms with Crippen molar-refractivity contribution >= 4 is 25.7 Å². The Morgan fingerprint density at radius 3 is 1.12 bits per heavy atom. The molecule has 0 amide bonds. The van der Waals surface area contributed by atoms with Crippen LogP contribution < -0.4 is 0 Å². The average Bonchev–Trinajstić information content (AvgIpc) is 3.37. The highest BCUT2D eigenvalue weighted by atomic mass is 31.2. The minimum atomic E-state index is -4.75. The van der Waals surface area contributed by atoms with E-state index in [0.29, 0.717) is 19.3 Å². The Morgan fingerprint density at radius 2 is 0.722 bits per heavy atom. The highest BCUT2D eigenvalue weighted by Gasteiger charge is 2.28. The molecule has 0 aromatic carbocycles. The van der Waals surface area contributed by atoms with E-state index in [2.05, 4.69) is 69.4 Å². The fourth-order valence-electron chi connectivity index (χ4n) is 8.25. The molecule has 2 N–H and O–H groups in total. The maximum Gasteiger partial charge on any atom is 0.472 e. The first-order chi connectivity index (χ1) is 35.2. The number of aliphatic hydroxyl groups is 1. The highest BCUT2D eigenvalue weighted by Crippen LogP contribution is 2.43. The molecule has 11 nitrogen and oxygen atoms in total. The maximum absolute atomic E-state index is 12.9. The lowest BCUT2D eigenvalue weighted by Crippen LogP contribution is -2.30. The highest BCUT2D eigenvalue weighted by molar-refractivity contribution is 7.47. The van der Waals surface area contributed by atoms with Crippen molar-refractivity contribution in [1.29, 1.82) is 0 Å². The predicted molar refractivity (Wildman–Crippen MR) is 298 cm³/mol. The Kier molecular flexibility index (Phi) is 52.7. The summed E-state index contributed by atoms with van der Waals surface area (Å²) < 4.78 is 39.5. The number of unbranched alkanes of at least 4 members (excludes halogenated alkanes) is 30. The van der Waals surface area contributed by atoms with E-state index < -0.39 is 57.8 Å². The molecule has 0 heterocycles. The van der Waals surface area contributed by atoms with Gasteiger partial charge in [-0.05, 0) is 77.0 Å². The second-order valence-corrected chi connectivity index (χ2v) is 21.2. The predicted octanol–water partition coefficient (Wildman–Crippen LogP) is 17.4. The van der Waals surface area contributed by atoms with Gasteiger partial charge in [0, 0.05) is 19.3 Å². The van der Waals surface area contributed by atoms with E-state index in [1.165, 1.54) is 122 Å². The van der Waals surface area contributed by atoms with E-state index in [-0.39, 0.29) is 25.9 Å². The van der Waals surface area contributed by atoms with Crippen LogP contribution in [0.25, 0.3) is 0 Å². The molecular formula is C60H109O11P. The van der Waals surface area contributed by atoms with E-state index in [4.69, 9.17) is 23.3 Å². The number of carbonyl (C=O) groups is 3. The lowest BCUT2D eigenvalue weighted by molar-refractivity contribution is -0.161. The third-order valence-electron chi connectivity index (χ3n) is 12.7. The van der Waals surface area contributed by atoms with Crippen LogP contribution >= 0.6 is 7.82 Å². The van der Waals surface area contributed by atoms with Gasteiger partial charge in [-0.3, -0.25) is 23.4 Å². The number of carbonyl (C=O) groups excluding carboxylic acids is 3. The molecule has 3 unspecified atom stereocenters. The third kappa shape index (κ3) is 52.3. The maximum atomic E-state index is 12.9. The first-order valence-electron chi connectivity index (χ1n) is 29.5. The molecule has 0 aliphatic carbocycles. The Bertz CT molecular complexity index is 1400. The summed E-state index contributed by atoms with van der Waals surface area (Å²) in [6, 6.07) is 0. The van der Waals surface area contributed by atoms with Crippen LogP contribution in [0.15, 0.2) is 48.6 Å². The Hall–Kier alpha value is -2.56. The molecule has 420 valence electrons. The summed E-state index contributed by atoms with van der Waals surface area (Å²) in [4.78, 5) is 48.5. The van der Waals surface area contributed by atoms with E-state index in [1.54, 1.807) is 0 Å². The number of rotatable bonds is 55. The van der Waals surface area contributed by atoms with Gasteiger partial charge in [0.1, 0.15) is 12.7 Å². The molecule has 72 heavy (non-hydrogen) atoms. The monoisotopic (exact) mass is 1040 g/mol. The number of phosphoric ester groups is 1. The molecule has 0 spiro atoms. The van der Waals surface area contributed by atoms with Crippen molar-refractivity contribution in [3.05, 3.63) is 48.6 Å². The summed E-state index contributed by atoms with van der Waals surface area (Å²) >= 11 is 0. The van der Waals surface area contributed by atoms with E-state index >= 15 is 0 Å². The van der Waals surface area contributed by atoms with Crippen molar-refractivity contribution < 1.29 is 52.2 Å². The van der Waals surface area contributed by atoms with Crippen molar-refractivity contribution in [2.75, 3.05) is 26.4 Å². The van der Waals surface area contributed by atoms with Crippen LogP contribution in [0.3, 0.4) is 0 Å². The van der Waals surface area contributed by atoms with Crippen LogP contribution in [0.5, 0.6) is 0 Å². The smallest absolute Gasteiger partial charge is 0.462 e. The quantitative estimate of drug-likeness (QED) is 0.0197. The molecular weight excluding hydrogens is 928 g/mol. The number of aliphatic hydroxyl groups excluding tert-OH is 1. The van der Waals surface area contributed by atoms with E-state index in [9.17, 15) is 28.9 Å². The first kappa shape index (κ1) is 69.4. The van der Waals surface area contributed by atoms with Gasteiger partial charge in [0.25, 0.3) is 0 Å². The Morgan fingerprint density at radius 1 is 0.403 bits per heavy atom. The van der Waals surface area contributed by atoms with Gasteiger partial charge in [-0.1, -0.05) is 230 Å². The average molecular weight is 1040 g/mol.